The van der Waals surface area contributed by atoms with Gasteiger partial charge >= 0.3 is 0 Å². The van der Waals surface area contributed by atoms with Crippen LogP contribution in [0, 0.1) is 0 Å². The maximum atomic E-state index is 12.7. The van der Waals surface area contributed by atoms with Crippen LogP contribution in [0.25, 0.3) is 0 Å². The van der Waals surface area contributed by atoms with Gasteiger partial charge in [-0.15, -0.1) is 0 Å². The molecule has 1 fully saturated rings. The quantitative estimate of drug-likeness (QED) is 0.704. The van der Waals surface area contributed by atoms with E-state index in [9.17, 15) is 9.59 Å². The summed E-state index contributed by atoms with van der Waals surface area (Å²) in [6.45, 7) is 5.53. The molecule has 6 nitrogen and oxygen atoms in total. The smallest absolute Gasteiger partial charge is 0.279 e. The van der Waals surface area contributed by atoms with Crippen LogP contribution < -0.4 is 15.1 Å². The molecule has 0 aliphatic carbocycles. The summed E-state index contributed by atoms with van der Waals surface area (Å²) in [6.07, 6.45) is 0.860. The van der Waals surface area contributed by atoms with Gasteiger partial charge in [0, 0.05) is 42.6 Å². The number of anilines is 2. The van der Waals surface area contributed by atoms with Gasteiger partial charge in [0.05, 0.1) is 7.05 Å². The van der Waals surface area contributed by atoms with Crippen molar-refractivity contribution >= 4 is 34.8 Å². The summed E-state index contributed by atoms with van der Waals surface area (Å²) in [6, 6.07) is 15.6. The van der Waals surface area contributed by atoms with E-state index >= 15 is 0 Å². The number of piperazine rings is 1. The van der Waals surface area contributed by atoms with E-state index in [0.29, 0.717) is 19.6 Å². The Morgan fingerprint density at radius 3 is 2.47 bits per heavy atom. The van der Waals surface area contributed by atoms with Crippen molar-refractivity contribution in [1.82, 2.24) is 4.90 Å². The van der Waals surface area contributed by atoms with Gasteiger partial charge in [0.15, 0.2) is 13.1 Å². The van der Waals surface area contributed by atoms with Crippen molar-refractivity contribution in [3.63, 3.8) is 0 Å². The lowest BCUT2D eigenvalue weighted by Crippen LogP contribution is -3.11. The minimum Gasteiger partial charge on any atom is -0.368 e. The second-order valence-electron chi connectivity index (χ2n) is 7.72. The van der Waals surface area contributed by atoms with Crippen LogP contribution in [-0.4, -0.2) is 63.0 Å². The zero-order valence-electron chi connectivity index (χ0n) is 17.7. The Balaban J connectivity index is 1.45. The number of hydrogen-bond acceptors (Lipinski definition) is 3. The van der Waals surface area contributed by atoms with E-state index in [1.807, 2.05) is 60.5 Å². The van der Waals surface area contributed by atoms with Crippen molar-refractivity contribution < 1.29 is 14.5 Å². The molecule has 1 aliphatic heterocycles. The Bertz CT molecular complexity index is 881. The number of rotatable bonds is 7. The van der Waals surface area contributed by atoms with Gasteiger partial charge in [-0.05, 0) is 36.2 Å². The Labute approximate surface area is 183 Å². The summed E-state index contributed by atoms with van der Waals surface area (Å²) in [5.74, 6) is 0.00646. The van der Waals surface area contributed by atoms with E-state index in [1.54, 1.807) is 0 Å². The van der Waals surface area contributed by atoms with Crippen LogP contribution in [-0.2, 0) is 16.0 Å². The van der Waals surface area contributed by atoms with Crippen molar-refractivity contribution in [2.45, 2.75) is 13.3 Å². The fourth-order valence-corrected chi connectivity index (χ4v) is 3.92. The molecule has 1 aliphatic rings. The average molecular weight is 430 g/mol. The van der Waals surface area contributed by atoms with E-state index in [1.165, 1.54) is 0 Å². The first-order chi connectivity index (χ1) is 14.5. The predicted octanol–water partition coefficient (Wildman–Crippen LogP) is 1.70. The Morgan fingerprint density at radius 2 is 1.77 bits per heavy atom. The van der Waals surface area contributed by atoms with Crippen LogP contribution >= 0.6 is 11.6 Å². The lowest BCUT2D eigenvalue weighted by Gasteiger charge is -2.36. The normalized spacial score (nSPS) is 15.0. The molecular formula is C23H30ClN4O2+. The van der Waals surface area contributed by atoms with Gasteiger partial charge in [-0.25, -0.2) is 0 Å². The third kappa shape index (κ3) is 5.97. The fourth-order valence-electron chi connectivity index (χ4n) is 3.74. The standard InChI is InChI=1S/C23H29ClN4O2/c1-3-18-7-4-5-10-21(18)25-22(29)16-26(2)17-23(30)28-13-11-27(12-14-28)20-9-6-8-19(24)15-20/h4-10,15H,3,11-14,16-17H2,1-2H3,(H,25,29)/p+1. The van der Waals surface area contributed by atoms with Crippen LogP contribution in [0.15, 0.2) is 48.5 Å². The minimum absolute atomic E-state index is 0.0769. The molecular weight excluding hydrogens is 400 g/mol. The number of benzene rings is 2. The van der Waals surface area contributed by atoms with E-state index in [2.05, 4.69) is 17.1 Å². The Kier molecular flexibility index (Phi) is 7.71. The molecule has 0 aromatic heterocycles. The zero-order valence-corrected chi connectivity index (χ0v) is 18.4. The number of carbonyl (C=O) groups is 2. The van der Waals surface area contributed by atoms with E-state index in [0.717, 1.165) is 46.4 Å². The number of likely N-dealkylation sites (N-methyl/N-ethyl adjacent to an activating group) is 1. The highest BCUT2D eigenvalue weighted by atomic mass is 35.5. The van der Waals surface area contributed by atoms with Crippen molar-refractivity contribution in [2.24, 2.45) is 0 Å². The van der Waals surface area contributed by atoms with Crippen LogP contribution in [0.2, 0.25) is 5.02 Å². The minimum atomic E-state index is -0.0769. The van der Waals surface area contributed by atoms with Crippen LogP contribution in [0.3, 0.4) is 0 Å². The summed E-state index contributed by atoms with van der Waals surface area (Å²) in [7, 11) is 1.88. The molecule has 1 saturated heterocycles. The molecule has 0 radical (unpaired) electrons. The van der Waals surface area contributed by atoms with Crippen molar-refractivity contribution in [2.75, 3.05) is 56.5 Å². The highest BCUT2D eigenvalue weighted by molar-refractivity contribution is 6.30. The molecule has 2 amide bonds. The largest absolute Gasteiger partial charge is 0.368 e. The summed E-state index contributed by atoms with van der Waals surface area (Å²) in [4.78, 5) is 30.1. The average Bonchev–Trinajstić information content (AvgIpc) is 2.74. The van der Waals surface area contributed by atoms with Gasteiger partial charge < -0.3 is 20.0 Å². The molecule has 7 heteroatoms. The number of nitrogens with one attached hydrogen (secondary N) is 2. The monoisotopic (exact) mass is 429 g/mol. The fraction of sp³-hybridized carbons (Fsp3) is 0.391. The maximum absolute atomic E-state index is 12.7. The maximum Gasteiger partial charge on any atom is 0.279 e. The number of hydrogen-bond donors (Lipinski definition) is 2. The lowest BCUT2D eigenvalue weighted by atomic mass is 10.1. The molecule has 1 atom stereocenters. The van der Waals surface area contributed by atoms with Gasteiger partial charge in [0.1, 0.15) is 0 Å². The Morgan fingerprint density at radius 1 is 1.03 bits per heavy atom. The highest BCUT2D eigenvalue weighted by Gasteiger charge is 2.24. The highest BCUT2D eigenvalue weighted by Crippen LogP contribution is 2.20. The Hall–Kier alpha value is -2.57. The molecule has 30 heavy (non-hydrogen) atoms. The molecule has 0 bridgehead atoms. The van der Waals surface area contributed by atoms with Gasteiger partial charge in [-0.2, -0.15) is 0 Å². The molecule has 1 unspecified atom stereocenters. The lowest BCUT2D eigenvalue weighted by molar-refractivity contribution is -0.862. The van der Waals surface area contributed by atoms with Crippen molar-refractivity contribution in [1.29, 1.82) is 0 Å². The second kappa shape index (κ2) is 10.5. The summed E-state index contributed by atoms with van der Waals surface area (Å²) in [5, 5.41) is 3.69. The first kappa shape index (κ1) is 22.1. The third-order valence-corrected chi connectivity index (χ3v) is 5.63. The summed E-state index contributed by atoms with van der Waals surface area (Å²) < 4.78 is 0. The topological polar surface area (TPSA) is 57.1 Å². The number of para-hydroxylation sites is 1. The SMILES string of the molecule is CCc1ccccc1NC(=O)C[NH+](C)CC(=O)N1CCN(c2cccc(Cl)c2)CC1. The second-order valence-corrected chi connectivity index (χ2v) is 8.15. The number of carbonyl (C=O) groups excluding carboxylic acids is 2. The van der Waals surface area contributed by atoms with Crippen LogP contribution in [0.5, 0.6) is 0 Å². The molecule has 2 aromatic carbocycles. The van der Waals surface area contributed by atoms with E-state index < -0.39 is 0 Å². The molecule has 160 valence electrons. The number of nitrogens with zero attached hydrogens (tertiary/aromatic N) is 2. The van der Waals surface area contributed by atoms with Crippen molar-refractivity contribution in [3.05, 3.63) is 59.1 Å². The first-order valence-corrected chi connectivity index (χ1v) is 10.8. The third-order valence-electron chi connectivity index (χ3n) is 5.39. The molecule has 1 heterocycles. The van der Waals surface area contributed by atoms with E-state index in [-0.39, 0.29) is 18.4 Å². The molecule has 0 spiro atoms. The number of amides is 2. The molecule has 2 N–H and O–H groups in total. The number of halogens is 1. The van der Waals surface area contributed by atoms with Gasteiger partial charge in [-0.3, -0.25) is 9.59 Å². The molecule has 0 saturated carbocycles. The zero-order chi connectivity index (χ0) is 21.5. The van der Waals surface area contributed by atoms with Crippen LogP contribution in [0.1, 0.15) is 12.5 Å². The van der Waals surface area contributed by atoms with E-state index in [4.69, 9.17) is 11.6 Å². The van der Waals surface area contributed by atoms with Gasteiger partial charge in [-0.1, -0.05) is 42.8 Å². The molecule has 2 aromatic rings. The predicted molar refractivity (Wildman–Crippen MR) is 121 cm³/mol. The summed E-state index contributed by atoms with van der Waals surface area (Å²) >= 11 is 6.08. The number of aryl methyl sites for hydroxylation is 1. The number of quaternary nitrogens is 1. The van der Waals surface area contributed by atoms with Crippen LogP contribution in [0.4, 0.5) is 11.4 Å². The van der Waals surface area contributed by atoms with Gasteiger partial charge in [0.25, 0.3) is 11.8 Å². The first-order valence-electron chi connectivity index (χ1n) is 10.4. The summed E-state index contributed by atoms with van der Waals surface area (Å²) in [5.41, 5.74) is 3.04. The van der Waals surface area contributed by atoms with Crippen molar-refractivity contribution in [3.8, 4) is 0 Å². The van der Waals surface area contributed by atoms with Gasteiger partial charge in [0.2, 0.25) is 0 Å². The molecule has 3 rings (SSSR count).